The molecular formula is C18H33N3O5. The highest BCUT2D eigenvalue weighted by atomic mass is 16.6. The fourth-order valence-corrected chi connectivity index (χ4v) is 3.25. The van der Waals surface area contributed by atoms with Crippen molar-refractivity contribution < 1.29 is 24.2 Å². The number of aliphatic carboxylic acids is 1. The van der Waals surface area contributed by atoms with E-state index < -0.39 is 23.7 Å². The summed E-state index contributed by atoms with van der Waals surface area (Å²) in [5.41, 5.74) is -0.585. The molecule has 1 saturated carbocycles. The van der Waals surface area contributed by atoms with Crippen molar-refractivity contribution in [1.82, 2.24) is 14.7 Å². The van der Waals surface area contributed by atoms with Gasteiger partial charge in [0.2, 0.25) is 0 Å². The molecule has 0 aromatic heterocycles. The van der Waals surface area contributed by atoms with E-state index in [1.54, 1.807) is 48.7 Å². The zero-order valence-corrected chi connectivity index (χ0v) is 17.1. The molecule has 1 rings (SSSR count). The fourth-order valence-electron chi connectivity index (χ4n) is 3.25. The number of ether oxygens (including phenoxy) is 1. The first-order valence-corrected chi connectivity index (χ1v) is 8.96. The average Bonchev–Trinajstić information content (AvgIpc) is 2.42. The molecule has 150 valence electrons. The summed E-state index contributed by atoms with van der Waals surface area (Å²) in [5.74, 6) is -1.24. The van der Waals surface area contributed by atoms with Gasteiger partial charge in [-0.3, -0.25) is 0 Å². The number of carboxylic acid groups (broad SMARTS) is 1. The van der Waals surface area contributed by atoms with Gasteiger partial charge in [0.05, 0.1) is 12.1 Å². The van der Waals surface area contributed by atoms with Crippen molar-refractivity contribution in [2.24, 2.45) is 5.92 Å². The number of rotatable bonds is 5. The molecule has 3 amide bonds. The number of carbonyl (C=O) groups excluding carboxylic acids is 2. The molecule has 0 bridgehead atoms. The van der Waals surface area contributed by atoms with Gasteiger partial charge < -0.3 is 24.5 Å². The van der Waals surface area contributed by atoms with Crippen molar-refractivity contribution in [2.45, 2.75) is 71.2 Å². The van der Waals surface area contributed by atoms with E-state index >= 15 is 0 Å². The molecule has 1 fully saturated rings. The Morgan fingerprint density at radius 3 is 1.81 bits per heavy atom. The van der Waals surface area contributed by atoms with Crippen molar-refractivity contribution in [2.75, 3.05) is 21.1 Å². The van der Waals surface area contributed by atoms with E-state index in [0.29, 0.717) is 0 Å². The third kappa shape index (κ3) is 5.02. The molecule has 8 nitrogen and oxygen atoms in total. The minimum absolute atomic E-state index is 0.144. The highest BCUT2D eigenvalue weighted by Gasteiger charge is 2.43. The van der Waals surface area contributed by atoms with Crippen LogP contribution in [0.4, 0.5) is 9.59 Å². The van der Waals surface area contributed by atoms with Crippen molar-refractivity contribution in [1.29, 1.82) is 0 Å². The summed E-state index contributed by atoms with van der Waals surface area (Å²) in [7, 11) is 4.82. The summed E-state index contributed by atoms with van der Waals surface area (Å²) in [4.78, 5) is 40.8. The van der Waals surface area contributed by atoms with Crippen LogP contribution < -0.4 is 0 Å². The van der Waals surface area contributed by atoms with Crippen LogP contribution >= 0.6 is 0 Å². The van der Waals surface area contributed by atoms with Crippen LogP contribution in [0.2, 0.25) is 0 Å². The molecule has 8 heteroatoms. The van der Waals surface area contributed by atoms with Crippen LogP contribution in [-0.4, -0.2) is 82.8 Å². The van der Waals surface area contributed by atoms with Crippen LogP contribution in [0, 0.1) is 5.92 Å². The van der Waals surface area contributed by atoms with Crippen LogP contribution in [0.25, 0.3) is 0 Å². The van der Waals surface area contributed by atoms with Gasteiger partial charge >= 0.3 is 18.1 Å². The average molecular weight is 371 g/mol. The van der Waals surface area contributed by atoms with Gasteiger partial charge in [-0.15, -0.1) is 0 Å². The van der Waals surface area contributed by atoms with Gasteiger partial charge in [-0.05, 0) is 39.5 Å². The largest absolute Gasteiger partial charge is 0.480 e. The highest BCUT2D eigenvalue weighted by molar-refractivity contribution is 5.83. The predicted molar refractivity (Wildman–Crippen MR) is 98.0 cm³/mol. The second-order valence-corrected chi connectivity index (χ2v) is 8.33. The minimum Gasteiger partial charge on any atom is -0.480 e. The van der Waals surface area contributed by atoms with E-state index in [1.807, 2.05) is 0 Å². The Hall–Kier alpha value is -1.99. The van der Waals surface area contributed by atoms with Crippen molar-refractivity contribution in [3.8, 4) is 0 Å². The van der Waals surface area contributed by atoms with Crippen LogP contribution in [-0.2, 0) is 9.53 Å². The Bertz CT molecular complexity index is 543. The monoisotopic (exact) mass is 371 g/mol. The van der Waals surface area contributed by atoms with Crippen LogP contribution in [0.5, 0.6) is 0 Å². The van der Waals surface area contributed by atoms with E-state index in [-0.39, 0.29) is 24.0 Å². The fraction of sp³-hybridized carbons (Fsp3) is 0.833. The number of hydrogen-bond donors (Lipinski definition) is 1. The van der Waals surface area contributed by atoms with Gasteiger partial charge in [-0.2, -0.15) is 0 Å². The maximum Gasteiger partial charge on any atom is 0.410 e. The number of carbonyl (C=O) groups is 3. The molecule has 0 aromatic carbocycles. The van der Waals surface area contributed by atoms with Crippen LogP contribution in [0.1, 0.15) is 47.5 Å². The smallest absolute Gasteiger partial charge is 0.410 e. The molecule has 0 aliphatic heterocycles. The summed E-state index contributed by atoms with van der Waals surface area (Å²) in [6, 6.07) is -1.57. The molecular weight excluding hydrogens is 338 g/mol. The Balaban J connectivity index is 2.80. The molecule has 0 unspecified atom stereocenters. The lowest BCUT2D eigenvalue weighted by atomic mass is 9.84. The molecule has 0 aromatic rings. The molecule has 0 heterocycles. The van der Waals surface area contributed by atoms with Crippen LogP contribution in [0.15, 0.2) is 0 Å². The van der Waals surface area contributed by atoms with Gasteiger partial charge in [0.1, 0.15) is 11.6 Å². The maximum absolute atomic E-state index is 12.7. The SMILES string of the molecule is CC(C)[C@@H](C(=O)O)N(C)C(=O)N(C)[C@@H]1CC[C@H]1N(C)C(=O)OC(C)(C)C. The predicted octanol–water partition coefficient (Wildman–Crippen LogP) is 2.48. The van der Waals surface area contributed by atoms with E-state index in [4.69, 9.17) is 4.74 Å². The number of likely N-dealkylation sites (N-methyl/N-ethyl adjacent to an activating group) is 3. The lowest BCUT2D eigenvalue weighted by Gasteiger charge is -2.47. The number of hydrogen-bond acceptors (Lipinski definition) is 4. The van der Waals surface area contributed by atoms with Crippen molar-refractivity contribution >= 4 is 18.1 Å². The quantitative estimate of drug-likeness (QED) is 0.802. The van der Waals surface area contributed by atoms with Crippen molar-refractivity contribution in [3.63, 3.8) is 0 Å². The van der Waals surface area contributed by atoms with Gasteiger partial charge in [-0.1, -0.05) is 13.8 Å². The first-order valence-electron chi connectivity index (χ1n) is 8.96. The molecule has 3 atom stereocenters. The molecule has 1 aliphatic carbocycles. The van der Waals surface area contributed by atoms with Gasteiger partial charge in [-0.25, -0.2) is 14.4 Å². The number of nitrogens with zero attached hydrogens (tertiary/aromatic N) is 3. The molecule has 1 aliphatic rings. The third-order valence-corrected chi connectivity index (χ3v) is 4.78. The lowest BCUT2D eigenvalue weighted by molar-refractivity contribution is -0.143. The second kappa shape index (κ2) is 8.14. The first kappa shape index (κ1) is 22.1. The number of urea groups is 1. The topological polar surface area (TPSA) is 90.4 Å². The summed E-state index contributed by atoms with van der Waals surface area (Å²) in [6.45, 7) is 8.95. The van der Waals surface area contributed by atoms with E-state index in [9.17, 15) is 19.5 Å². The zero-order chi connectivity index (χ0) is 20.4. The van der Waals surface area contributed by atoms with Gasteiger partial charge in [0.25, 0.3) is 0 Å². The van der Waals surface area contributed by atoms with E-state index in [2.05, 4.69) is 0 Å². The molecule has 26 heavy (non-hydrogen) atoms. The standard InChI is InChI=1S/C18H33N3O5/c1-11(2)14(15(22)23)21(8)16(24)19(6)12-9-10-13(12)20(7)17(25)26-18(3,4)5/h11-14H,9-10H2,1-8H3,(H,22,23)/t12-,13-,14+/m1/s1. The van der Waals surface area contributed by atoms with Crippen molar-refractivity contribution in [3.05, 3.63) is 0 Å². The summed E-state index contributed by atoms with van der Waals surface area (Å²) >= 11 is 0. The number of amides is 3. The zero-order valence-electron chi connectivity index (χ0n) is 17.1. The Morgan fingerprint density at radius 2 is 1.46 bits per heavy atom. The molecule has 0 spiro atoms. The van der Waals surface area contributed by atoms with Gasteiger partial charge in [0.15, 0.2) is 0 Å². The Labute approximate surface area is 156 Å². The molecule has 0 radical (unpaired) electrons. The first-order chi connectivity index (χ1) is 11.8. The van der Waals surface area contributed by atoms with Crippen LogP contribution in [0.3, 0.4) is 0 Å². The van der Waals surface area contributed by atoms with E-state index in [0.717, 1.165) is 12.8 Å². The van der Waals surface area contributed by atoms with E-state index in [1.165, 1.54) is 21.7 Å². The summed E-state index contributed by atoms with van der Waals surface area (Å²) in [5, 5.41) is 9.39. The molecule has 1 N–H and O–H groups in total. The highest BCUT2D eigenvalue weighted by Crippen LogP contribution is 2.31. The molecule has 0 saturated heterocycles. The Kier molecular flexibility index (Phi) is 6.90. The summed E-state index contributed by atoms with van der Waals surface area (Å²) in [6.07, 6.45) is 1.11. The minimum atomic E-state index is -1.03. The normalized spacial score (nSPS) is 20.8. The summed E-state index contributed by atoms with van der Waals surface area (Å²) < 4.78 is 5.39. The van der Waals surface area contributed by atoms with Gasteiger partial charge in [0, 0.05) is 21.1 Å². The Morgan fingerprint density at radius 1 is 1.00 bits per heavy atom. The maximum atomic E-state index is 12.7. The lowest BCUT2D eigenvalue weighted by Crippen LogP contribution is -2.62. The number of carboxylic acids is 1. The third-order valence-electron chi connectivity index (χ3n) is 4.78. The second-order valence-electron chi connectivity index (χ2n) is 8.33.